The fraction of sp³-hybridized carbons (Fsp3) is 0.375. The number of nitrogens with zero attached hydrogens (tertiary/aromatic N) is 5. The van der Waals surface area contributed by atoms with Gasteiger partial charge < -0.3 is 9.47 Å². The molecule has 0 saturated carbocycles. The summed E-state index contributed by atoms with van der Waals surface area (Å²) in [5, 5.41) is 8.80. The van der Waals surface area contributed by atoms with Crippen LogP contribution in [0.5, 0.6) is 5.88 Å². The molecular formula is C24H27F2N5O3S2. The number of amides is 1. The number of nitriles is 1. The number of halogens is 2. The summed E-state index contributed by atoms with van der Waals surface area (Å²) >= 11 is 0.885. The SMILES string of the molecule is CN=C(SC(C)Cc1cc(/C=C(\F)c2ccc(C#N)cn2)cnc1OC)N(SF)C(=O)OC(C)(C)C. The summed E-state index contributed by atoms with van der Waals surface area (Å²) in [4.78, 5) is 24.6. The van der Waals surface area contributed by atoms with Crippen molar-refractivity contribution in [2.24, 2.45) is 4.99 Å². The highest BCUT2D eigenvalue weighted by Crippen LogP contribution is 2.29. The first kappa shape index (κ1) is 29.1. The number of hydrogen-bond donors (Lipinski definition) is 0. The molecule has 0 aliphatic rings. The Labute approximate surface area is 218 Å². The molecule has 2 rings (SSSR count). The molecule has 1 unspecified atom stereocenters. The monoisotopic (exact) mass is 535 g/mol. The molecule has 36 heavy (non-hydrogen) atoms. The van der Waals surface area contributed by atoms with Crippen molar-refractivity contribution in [2.45, 2.75) is 45.0 Å². The van der Waals surface area contributed by atoms with Gasteiger partial charge in [-0.3, -0.25) is 9.98 Å². The zero-order chi connectivity index (χ0) is 26.9. The van der Waals surface area contributed by atoms with Crippen LogP contribution in [0, 0.1) is 11.3 Å². The fourth-order valence-corrected chi connectivity index (χ4v) is 4.26. The fourth-order valence-electron chi connectivity index (χ4n) is 2.91. The zero-order valence-electron chi connectivity index (χ0n) is 20.8. The second kappa shape index (κ2) is 13.2. The van der Waals surface area contributed by atoms with Crippen LogP contribution >= 0.6 is 24.1 Å². The summed E-state index contributed by atoms with van der Waals surface area (Å²) in [6, 6.07) is 6.57. The number of hydrogen-bond acceptors (Lipinski definition) is 9. The van der Waals surface area contributed by atoms with Crippen molar-refractivity contribution in [3.8, 4) is 11.9 Å². The molecule has 1 atom stereocenters. The van der Waals surface area contributed by atoms with Crippen LogP contribution in [0.4, 0.5) is 13.1 Å². The van der Waals surface area contributed by atoms with E-state index < -0.39 is 17.5 Å². The van der Waals surface area contributed by atoms with E-state index in [9.17, 15) is 13.1 Å². The lowest BCUT2D eigenvalue weighted by Crippen LogP contribution is -2.35. The Hall–Kier alpha value is -3.17. The molecular weight excluding hydrogens is 508 g/mol. The van der Waals surface area contributed by atoms with Gasteiger partial charge in [0.2, 0.25) is 5.88 Å². The lowest BCUT2D eigenvalue weighted by atomic mass is 10.1. The summed E-state index contributed by atoms with van der Waals surface area (Å²) in [5.74, 6) is -0.233. The highest BCUT2D eigenvalue weighted by Gasteiger charge is 2.29. The second-order valence-corrected chi connectivity index (χ2v) is 10.4. The molecule has 2 aromatic heterocycles. The minimum Gasteiger partial charge on any atom is -0.481 e. The average Bonchev–Trinajstić information content (AvgIpc) is 2.82. The molecule has 0 aromatic carbocycles. The summed E-state index contributed by atoms with van der Waals surface area (Å²) in [6.07, 6.45) is 3.57. The Bertz CT molecular complexity index is 1160. The van der Waals surface area contributed by atoms with Gasteiger partial charge in [0.1, 0.15) is 17.5 Å². The Balaban J connectivity index is 2.21. The van der Waals surface area contributed by atoms with E-state index in [1.54, 1.807) is 26.8 Å². The molecule has 0 fully saturated rings. The highest BCUT2D eigenvalue weighted by molar-refractivity contribution is 8.15. The van der Waals surface area contributed by atoms with E-state index in [4.69, 9.17) is 14.7 Å². The van der Waals surface area contributed by atoms with Crippen LogP contribution in [-0.2, 0) is 11.2 Å². The molecule has 8 nitrogen and oxygen atoms in total. The van der Waals surface area contributed by atoms with Crippen LogP contribution in [0.3, 0.4) is 0 Å². The molecule has 0 saturated heterocycles. The van der Waals surface area contributed by atoms with E-state index in [1.165, 1.54) is 56.5 Å². The number of thioether (sulfide) groups is 1. The van der Waals surface area contributed by atoms with Gasteiger partial charge in [0.05, 0.1) is 18.4 Å². The molecule has 0 aliphatic carbocycles. The van der Waals surface area contributed by atoms with E-state index >= 15 is 0 Å². The number of aliphatic imine (C=N–C) groups is 1. The van der Waals surface area contributed by atoms with Crippen molar-refractivity contribution in [1.29, 1.82) is 5.26 Å². The van der Waals surface area contributed by atoms with Gasteiger partial charge in [-0.05, 0) is 57.0 Å². The van der Waals surface area contributed by atoms with Gasteiger partial charge >= 0.3 is 6.09 Å². The van der Waals surface area contributed by atoms with Crippen molar-refractivity contribution in [3.05, 3.63) is 53.0 Å². The maximum atomic E-state index is 14.7. The number of ether oxygens (including phenoxy) is 2. The topological polar surface area (TPSA) is 101 Å². The Kier molecular flexibility index (Phi) is 10.7. The van der Waals surface area contributed by atoms with Gasteiger partial charge in [0.25, 0.3) is 0 Å². The largest absolute Gasteiger partial charge is 0.481 e. The first-order chi connectivity index (χ1) is 17.0. The van der Waals surface area contributed by atoms with Gasteiger partial charge in [-0.15, -0.1) is 3.89 Å². The van der Waals surface area contributed by atoms with E-state index in [2.05, 4.69) is 15.0 Å². The molecule has 2 aromatic rings. The molecule has 0 N–H and O–H groups in total. The molecule has 192 valence electrons. The minimum absolute atomic E-state index is 0.0880. The summed E-state index contributed by atoms with van der Waals surface area (Å²) in [7, 11) is 2.93. The smallest absolute Gasteiger partial charge is 0.428 e. The molecule has 12 heteroatoms. The van der Waals surface area contributed by atoms with E-state index in [1.807, 2.05) is 13.0 Å². The molecule has 0 aliphatic heterocycles. The van der Waals surface area contributed by atoms with Crippen LogP contribution in [0.1, 0.15) is 50.1 Å². The van der Waals surface area contributed by atoms with Gasteiger partial charge in [-0.25, -0.2) is 14.2 Å². The number of rotatable bonds is 7. The maximum Gasteiger partial charge on any atom is 0.428 e. The third-order valence-electron chi connectivity index (χ3n) is 4.38. The second-order valence-electron chi connectivity index (χ2n) is 8.46. The summed E-state index contributed by atoms with van der Waals surface area (Å²) in [5.41, 5.74) is 0.781. The van der Waals surface area contributed by atoms with Gasteiger partial charge in [-0.2, -0.15) is 9.57 Å². The van der Waals surface area contributed by atoms with Crippen molar-refractivity contribution >= 4 is 47.3 Å². The predicted octanol–water partition coefficient (Wildman–Crippen LogP) is 6.24. The number of carbonyl (C=O) groups is 1. The first-order valence-corrected chi connectivity index (χ1v) is 12.3. The van der Waals surface area contributed by atoms with Crippen molar-refractivity contribution in [1.82, 2.24) is 14.3 Å². The Morgan fingerprint density at radius 2 is 2.06 bits per heavy atom. The maximum absolute atomic E-state index is 14.7. The van der Waals surface area contributed by atoms with Gasteiger partial charge in [0, 0.05) is 30.3 Å². The highest BCUT2D eigenvalue weighted by atomic mass is 32.2. The average molecular weight is 536 g/mol. The zero-order valence-corrected chi connectivity index (χ0v) is 22.4. The lowest BCUT2D eigenvalue weighted by molar-refractivity contribution is 0.0474. The van der Waals surface area contributed by atoms with E-state index in [-0.39, 0.29) is 28.4 Å². The lowest BCUT2D eigenvalue weighted by Gasteiger charge is -2.25. The van der Waals surface area contributed by atoms with Crippen LogP contribution < -0.4 is 4.74 Å². The molecule has 0 radical (unpaired) electrons. The molecule has 2 heterocycles. The number of methoxy groups -OCH3 is 1. The van der Waals surface area contributed by atoms with Crippen molar-refractivity contribution in [2.75, 3.05) is 14.2 Å². The van der Waals surface area contributed by atoms with Crippen molar-refractivity contribution in [3.63, 3.8) is 0 Å². The van der Waals surface area contributed by atoms with E-state index in [0.29, 0.717) is 29.0 Å². The van der Waals surface area contributed by atoms with E-state index in [0.717, 1.165) is 4.31 Å². The van der Waals surface area contributed by atoms with Gasteiger partial charge in [0.15, 0.2) is 17.5 Å². The van der Waals surface area contributed by atoms with Crippen LogP contribution in [0.2, 0.25) is 0 Å². The van der Waals surface area contributed by atoms with Crippen LogP contribution in [-0.4, -0.2) is 50.5 Å². The summed E-state index contributed by atoms with van der Waals surface area (Å²) < 4.78 is 39.7. The number of amidine groups is 1. The minimum atomic E-state index is -0.867. The third-order valence-corrected chi connectivity index (χ3v) is 6.10. The third kappa shape index (κ3) is 8.49. The molecule has 1 amide bonds. The molecule has 0 spiro atoms. The Morgan fingerprint density at radius 1 is 1.33 bits per heavy atom. The molecule has 0 bridgehead atoms. The number of pyridine rings is 2. The van der Waals surface area contributed by atoms with Gasteiger partial charge in [-0.1, -0.05) is 18.7 Å². The van der Waals surface area contributed by atoms with Crippen LogP contribution in [0.15, 0.2) is 35.6 Å². The normalized spacial score (nSPS) is 13.1. The standard InChI is InChI=1S/C24H27F2N5O3S2/c1-15(35-22(28-5)31(36-26)23(32)34-24(2,3)4)9-18-10-17(14-30-21(18)33-6)11-19(25)20-8-7-16(12-27)13-29-20/h7-8,10-11,13-15H,9H2,1-6H3/b19-11-,28-22?. The Morgan fingerprint density at radius 3 is 2.58 bits per heavy atom. The summed E-state index contributed by atoms with van der Waals surface area (Å²) in [6.45, 7) is 6.93. The number of aromatic nitrogens is 2. The quantitative estimate of drug-likeness (QED) is 0.233. The first-order valence-electron chi connectivity index (χ1n) is 10.7. The number of carbonyl (C=O) groups excluding carboxylic acids is 1. The van der Waals surface area contributed by atoms with Crippen molar-refractivity contribution < 1.29 is 22.5 Å². The van der Waals surface area contributed by atoms with Crippen LogP contribution in [0.25, 0.3) is 11.9 Å². The predicted molar refractivity (Wildman–Crippen MR) is 140 cm³/mol.